The number of nitro groups is 1. The van der Waals surface area contributed by atoms with Gasteiger partial charge in [0.25, 0.3) is 11.6 Å². The highest BCUT2D eigenvalue weighted by Gasteiger charge is 2.11. The molecule has 3 aromatic rings. The number of hydrogen-bond acceptors (Lipinski definition) is 5. The molecule has 1 N–H and O–H groups in total. The topological polar surface area (TPSA) is 105 Å². The van der Waals surface area contributed by atoms with Crippen LogP contribution >= 0.6 is 11.6 Å². The minimum atomic E-state index is -0.529. The number of amides is 1. The van der Waals surface area contributed by atoms with E-state index < -0.39 is 10.8 Å². The number of ether oxygens (including phenoxy) is 1. The van der Waals surface area contributed by atoms with Crippen molar-refractivity contribution in [1.82, 2.24) is 0 Å². The van der Waals surface area contributed by atoms with Gasteiger partial charge in [-0.2, -0.15) is 5.26 Å². The van der Waals surface area contributed by atoms with Crippen molar-refractivity contribution in [2.24, 2.45) is 0 Å². The molecule has 0 spiro atoms. The fourth-order valence-corrected chi connectivity index (χ4v) is 3.04. The number of nitrogens with one attached hydrogen (secondary N) is 1. The Bertz CT molecular complexity index is 1230. The zero-order valence-electron chi connectivity index (χ0n) is 17.0. The Morgan fingerprint density at radius 1 is 1.19 bits per heavy atom. The number of hydrogen-bond donors (Lipinski definition) is 1. The average molecular weight is 448 g/mol. The third kappa shape index (κ3) is 5.94. The Morgan fingerprint density at radius 2 is 1.94 bits per heavy atom. The first kappa shape index (κ1) is 22.5. The van der Waals surface area contributed by atoms with E-state index in [1.165, 1.54) is 18.2 Å². The number of rotatable bonds is 7. The maximum atomic E-state index is 12.4. The van der Waals surface area contributed by atoms with Crippen LogP contribution in [0.2, 0.25) is 5.02 Å². The summed E-state index contributed by atoms with van der Waals surface area (Å²) in [7, 11) is 0. The molecule has 0 aromatic heterocycles. The van der Waals surface area contributed by atoms with Crippen LogP contribution in [0.4, 0.5) is 11.4 Å². The number of aryl methyl sites for hydroxylation is 1. The molecular formula is C24H18ClN3O4. The second kappa shape index (κ2) is 10.2. The van der Waals surface area contributed by atoms with Crippen molar-refractivity contribution in [3.8, 4) is 11.8 Å². The molecule has 0 saturated carbocycles. The second-order valence-electron chi connectivity index (χ2n) is 6.90. The molecule has 8 heteroatoms. The highest BCUT2D eigenvalue weighted by Crippen LogP contribution is 2.28. The monoisotopic (exact) mass is 447 g/mol. The van der Waals surface area contributed by atoms with Crippen molar-refractivity contribution in [3.05, 3.63) is 104 Å². The predicted molar refractivity (Wildman–Crippen MR) is 122 cm³/mol. The highest BCUT2D eigenvalue weighted by atomic mass is 35.5. The average Bonchev–Trinajstić information content (AvgIpc) is 2.78. The number of carbonyl (C=O) groups is 1. The smallest absolute Gasteiger partial charge is 0.269 e. The number of nitriles is 1. The van der Waals surface area contributed by atoms with E-state index >= 15 is 0 Å². The van der Waals surface area contributed by atoms with E-state index in [4.69, 9.17) is 16.3 Å². The van der Waals surface area contributed by atoms with Crippen LogP contribution in [-0.2, 0) is 11.4 Å². The van der Waals surface area contributed by atoms with Gasteiger partial charge in [-0.05, 0) is 48.4 Å². The summed E-state index contributed by atoms with van der Waals surface area (Å²) in [5, 5.41) is 23.2. The SMILES string of the molecule is Cc1ccc(NC(=O)/C(C#N)=C/c2ccc(OCc3cccc([N+](=O)[O-])c3)c(Cl)c2)cc1. The minimum absolute atomic E-state index is 0.0226. The summed E-state index contributed by atoms with van der Waals surface area (Å²) in [6, 6.07) is 20.1. The van der Waals surface area contributed by atoms with Crippen LogP contribution in [0.3, 0.4) is 0 Å². The van der Waals surface area contributed by atoms with Gasteiger partial charge < -0.3 is 10.1 Å². The van der Waals surface area contributed by atoms with Gasteiger partial charge in [-0.25, -0.2) is 0 Å². The van der Waals surface area contributed by atoms with E-state index in [1.807, 2.05) is 25.1 Å². The molecule has 0 fully saturated rings. The lowest BCUT2D eigenvalue weighted by atomic mass is 10.1. The van der Waals surface area contributed by atoms with E-state index in [0.717, 1.165) is 5.56 Å². The number of anilines is 1. The summed E-state index contributed by atoms with van der Waals surface area (Å²) in [6.45, 7) is 2.03. The molecule has 3 rings (SSSR count). The minimum Gasteiger partial charge on any atom is -0.487 e. The first-order chi connectivity index (χ1) is 15.4. The molecular weight excluding hydrogens is 430 g/mol. The van der Waals surface area contributed by atoms with Gasteiger partial charge in [-0.3, -0.25) is 14.9 Å². The van der Waals surface area contributed by atoms with E-state index in [0.29, 0.717) is 22.6 Å². The van der Waals surface area contributed by atoms with Gasteiger partial charge in [0, 0.05) is 17.8 Å². The molecule has 3 aromatic carbocycles. The van der Waals surface area contributed by atoms with Gasteiger partial charge in [0.1, 0.15) is 24.0 Å². The molecule has 0 bridgehead atoms. The Labute approximate surface area is 189 Å². The molecule has 0 aliphatic carbocycles. The molecule has 0 unspecified atom stereocenters. The normalized spacial score (nSPS) is 10.8. The summed E-state index contributed by atoms with van der Waals surface area (Å²) in [4.78, 5) is 22.8. The quantitative estimate of drug-likeness (QED) is 0.217. The molecule has 160 valence electrons. The van der Waals surface area contributed by atoms with Crippen LogP contribution in [0.25, 0.3) is 6.08 Å². The Balaban J connectivity index is 1.70. The van der Waals surface area contributed by atoms with Crippen LogP contribution in [0.5, 0.6) is 5.75 Å². The summed E-state index contributed by atoms with van der Waals surface area (Å²) >= 11 is 6.28. The number of nitrogens with zero attached hydrogens (tertiary/aromatic N) is 2. The fourth-order valence-electron chi connectivity index (χ4n) is 2.80. The number of halogens is 1. The van der Waals surface area contributed by atoms with E-state index in [2.05, 4.69) is 5.32 Å². The lowest BCUT2D eigenvalue weighted by molar-refractivity contribution is -0.384. The van der Waals surface area contributed by atoms with Gasteiger partial charge >= 0.3 is 0 Å². The first-order valence-electron chi connectivity index (χ1n) is 9.51. The molecule has 1 amide bonds. The van der Waals surface area contributed by atoms with E-state index in [-0.39, 0.29) is 22.9 Å². The summed E-state index contributed by atoms with van der Waals surface area (Å²) in [5.74, 6) is -0.156. The molecule has 0 atom stereocenters. The second-order valence-corrected chi connectivity index (χ2v) is 7.30. The zero-order chi connectivity index (χ0) is 23.1. The Hall–Kier alpha value is -4.15. The summed E-state index contributed by atoms with van der Waals surface area (Å²) in [6.07, 6.45) is 1.43. The molecule has 7 nitrogen and oxygen atoms in total. The third-order valence-electron chi connectivity index (χ3n) is 4.46. The van der Waals surface area contributed by atoms with Gasteiger partial charge in [0.2, 0.25) is 0 Å². The number of non-ortho nitro benzene ring substituents is 1. The molecule has 0 aliphatic heterocycles. The van der Waals surface area contributed by atoms with Crippen LogP contribution < -0.4 is 10.1 Å². The predicted octanol–water partition coefficient (Wildman–Crippen LogP) is 5.68. The van der Waals surface area contributed by atoms with E-state index in [9.17, 15) is 20.2 Å². The molecule has 0 radical (unpaired) electrons. The lowest BCUT2D eigenvalue weighted by Crippen LogP contribution is -2.13. The Morgan fingerprint density at radius 3 is 2.59 bits per heavy atom. The standard InChI is InChI=1S/C24H18ClN3O4/c1-16-5-8-20(9-6-16)27-24(29)19(14-26)11-17-7-10-23(22(25)13-17)32-15-18-3-2-4-21(12-18)28(30)31/h2-13H,15H2,1H3,(H,27,29)/b19-11+. The van der Waals surface area contributed by atoms with Gasteiger partial charge in [-0.15, -0.1) is 0 Å². The summed E-state index contributed by atoms with van der Waals surface area (Å²) in [5.41, 5.74) is 2.72. The van der Waals surface area contributed by atoms with Crippen molar-refractivity contribution in [3.63, 3.8) is 0 Å². The van der Waals surface area contributed by atoms with Gasteiger partial charge in [0.05, 0.1) is 9.95 Å². The van der Waals surface area contributed by atoms with Crippen molar-refractivity contribution >= 4 is 35.0 Å². The maximum Gasteiger partial charge on any atom is 0.269 e. The van der Waals surface area contributed by atoms with E-state index in [1.54, 1.807) is 42.5 Å². The van der Waals surface area contributed by atoms with Crippen LogP contribution in [0.15, 0.2) is 72.3 Å². The van der Waals surface area contributed by atoms with Crippen LogP contribution in [0, 0.1) is 28.4 Å². The molecule has 0 saturated heterocycles. The number of carbonyl (C=O) groups excluding carboxylic acids is 1. The molecule has 0 aliphatic rings. The van der Waals surface area contributed by atoms with Gasteiger partial charge in [-0.1, -0.05) is 47.5 Å². The highest BCUT2D eigenvalue weighted by molar-refractivity contribution is 6.32. The lowest BCUT2D eigenvalue weighted by Gasteiger charge is -2.09. The van der Waals surface area contributed by atoms with Crippen LogP contribution in [0.1, 0.15) is 16.7 Å². The maximum absolute atomic E-state index is 12.4. The van der Waals surface area contributed by atoms with Crippen molar-refractivity contribution in [1.29, 1.82) is 5.26 Å². The van der Waals surface area contributed by atoms with Crippen molar-refractivity contribution in [2.75, 3.05) is 5.32 Å². The zero-order valence-corrected chi connectivity index (χ0v) is 17.8. The number of benzene rings is 3. The third-order valence-corrected chi connectivity index (χ3v) is 4.75. The van der Waals surface area contributed by atoms with Crippen LogP contribution in [-0.4, -0.2) is 10.8 Å². The molecule has 32 heavy (non-hydrogen) atoms. The van der Waals surface area contributed by atoms with Crippen molar-refractivity contribution in [2.45, 2.75) is 13.5 Å². The van der Waals surface area contributed by atoms with Crippen molar-refractivity contribution < 1.29 is 14.5 Å². The fraction of sp³-hybridized carbons (Fsp3) is 0.0833. The number of nitro benzene ring substituents is 1. The largest absolute Gasteiger partial charge is 0.487 e. The first-order valence-corrected chi connectivity index (χ1v) is 9.89. The molecule has 0 heterocycles. The summed E-state index contributed by atoms with van der Waals surface area (Å²) < 4.78 is 5.66. The Kier molecular flexibility index (Phi) is 7.21. The van der Waals surface area contributed by atoms with Gasteiger partial charge in [0.15, 0.2) is 0 Å².